The third kappa shape index (κ3) is 3.09. The zero-order valence-corrected chi connectivity index (χ0v) is 13.6. The lowest BCUT2D eigenvalue weighted by atomic mass is 10.0. The van der Waals surface area contributed by atoms with Crippen LogP contribution in [-0.2, 0) is 13.1 Å². The van der Waals surface area contributed by atoms with Crippen molar-refractivity contribution in [3.05, 3.63) is 59.5 Å². The van der Waals surface area contributed by atoms with Crippen LogP contribution < -0.4 is 0 Å². The van der Waals surface area contributed by atoms with E-state index in [4.69, 9.17) is 9.52 Å². The standard InChI is InChI=1S/C19H22N2O3/c22-19(23)18-7-6-16(24-18)12-20-11-15-8-9-21(17(15)13-20)10-14-4-2-1-3-5-14/h1-7,15,17H,8-13H2,(H,22,23)/t15-,17+/m0/s1. The van der Waals surface area contributed by atoms with Crippen molar-refractivity contribution in [1.29, 1.82) is 0 Å². The summed E-state index contributed by atoms with van der Waals surface area (Å²) in [6.45, 7) is 4.97. The van der Waals surface area contributed by atoms with Crippen LogP contribution in [0.2, 0.25) is 0 Å². The van der Waals surface area contributed by atoms with Crippen LogP contribution in [0, 0.1) is 5.92 Å². The molecule has 0 radical (unpaired) electrons. The van der Waals surface area contributed by atoms with E-state index in [1.54, 1.807) is 6.07 Å². The molecule has 0 saturated carbocycles. The molecule has 5 heteroatoms. The largest absolute Gasteiger partial charge is 0.475 e. The molecular weight excluding hydrogens is 304 g/mol. The van der Waals surface area contributed by atoms with E-state index in [-0.39, 0.29) is 5.76 Å². The van der Waals surface area contributed by atoms with Gasteiger partial charge in [0, 0.05) is 25.7 Å². The van der Waals surface area contributed by atoms with E-state index >= 15 is 0 Å². The monoisotopic (exact) mass is 326 g/mol. The number of likely N-dealkylation sites (tertiary alicyclic amines) is 2. The average Bonchev–Trinajstić information content (AvgIpc) is 3.27. The Morgan fingerprint density at radius 1 is 1.12 bits per heavy atom. The van der Waals surface area contributed by atoms with Gasteiger partial charge in [-0.1, -0.05) is 30.3 Å². The van der Waals surface area contributed by atoms with Gasteiger partial charge in [0.1, 0.15) is 5.76 Å². The number of carboxylic acid groups (broad SMARTS) is 1. The predicted octanol–water partition coefficient (Wildman–Crippen LogP) is 2.68. The summed E-state index contributed by atoms with van der Waals surface area (Å²) in [7, 11) is 0. The van der Waals surface area contributed by atoms with Crippen LogP contribution in [-0.4, -0.2) is 46.6 Å². The third-order valence-electron chi connectivity index (χ3n) is 5.22. The number of aromatic carboxylic acids is 1. The summed E-state index contributed by atoms with van der Waals surface area (Å²) < 4.78 is 5.40. The van der Waals surface area contributed by atoms with Crippen LogP contribution in [0.25, 0.3) is 0 Å². The molecule has 1 aromatic carbocycles. The zero-order chi connectivity index (χ0) is 16.5. The van der Waals surface area contributed by atoms with Gasteiger partial charge in [-0.15, -0.1) is 0 Å². The fraction of sp³-hybridized carbons (Fsp3) is 0.421. The highest BCUT2D eigenvalue weighted by Crippen LogP contribution is 2.33. The van der Waals surface area contributed by atoms with Gasteiger partial charge in [0.25, 0.3) is 0 Å². The average molecular weight is 326 g/mol. The molecule has 2 aromatic rings. The molecule has 0 amide bonds. The molecule has 5 nitrogen and oxygen atoms in total. The number of hydrogen-bond acceptors (Lipinski definition) is 4. The summed E-state index contributed by atoms with van der Waals surface area (Å²) in [5, 5.41) is 8.95. The summed E-state index contributed by atoms with van der Waals surface area (Å²) in [5.41, 5.74) is 1.37. The van der Waals surface area contributed by atoms with Crippen molar-refractivity contribution < 1.29 is 14.3 Å². The van der Waals surface area contributed by atoms with Crippen molar-refractivity contribution in [1.82, 2.24) is 9.80 Å². The minimum Gasteiger partial charge on any atom is -0.475 e. The van der Waals surface area contributed by atoms with Gasteiger partial charge in [0.05, 0.1) is 6.54 Å². The maximum atomic E-state index is 10.9. The lowest BCUT2D eigenvalue weighted by Crippen LogP contribution is -2.34. The molecule has 2 saturated heterocycles. The molecule has 1 N–H and O–H groups in total. The smallest absolute Gasteiger partial charge is 0.371 e. The summed E-state index contributed by atoms with van der Waals surface area (Å²) >= 11 is 0. The minimum atomic E-state index is -1.01. The van der Waals surface area contributed by atoms with Crippen LogP contribution in [0.1, 0.15) is 28.3 Å². The van der Waals surface area contributed by atoms with Gasteiger partial charge >= 0.3 is 5.97 Å². The molecule has 3 heterocycles. The number of carboxylic acids is 1. The van der Waals surface area contributed by atoms with Crippen LogP contribution in [0.3, 0.4) is 0 Å². The quantitative estimate of drug-likeness (QED) is 0.915. The number of nitrogens with zero attached hydrogens (tertiary/aromatic N) is 2. The molecule has 2 aliphatic heterocycles. The summed E-state index contributed by atoms with van der Waals surface area (Å²) in [4.78, 5) is 15.9. The Morgan fingerprint density at radius 2 is 1.96 bits per heavy atom. The van der Waals surface area contributed by atoms with Crippen molar-refractivity contribution in [2.24, 2.45) is 5.92 Å². The summed E-state index contributed by atoms with van der Waals surface area (Å²) in [6.07, 6.45) is 1.24. The molecule has 126 valence electrons. The first-order chi connectivity index (χ1) is 11.7. The van der Waals surface area contributed by atoms with Gasteiger partial charge in [-0.2, -0.15) is 0 Å². The van der Waals surface area contributed by atoms with E-state index in [1.165, 1.54) is 24.6 Å². The van der Waals surface area contributed by atoms with Gasteiger partial charge in [-0.25, -0.2) is 4.79 Å². The van der Waals surface area contributed by atoms with Crippen LogP contribution >= 0.6 is 0 Å². The first kappa shape index (κ1) is 15.4. The fourth-order valence-corrected chi connectivity index (χ4v) is 4.08. The highest BCUT2D eigenvalue weighted by molar-refractivity contribution is 5.84. The van der Waals surface area contributed by atoms with Crippen molar-refractivity contribution in [2.75, 3.05) is 19.6 Å². The molecule has 4 rings (SSSR count). The Labute approximate surface area is 141 Å². The molecule has 0 spiro atoms. The van der Waals surface area contributed by atoms with Gasteiger partial charge in [-0.05, 0) is 36.6 Å². The lowest BCUT2D eigenvalue weighted by Gasteiger charge is -2.24. The summed E-state index contributed by atoms with van der Waals surface area (Å²) in [5.74, 6) is 0.466. The molecule has 0 unspecified atom stereocenters. The summed E-state index contributed by atoms with van der Waals surface area (Å²) in [6, 6.07) is 14.5. The van der Waals surface area contributed by atoms with E-state index in [1.807, 2.05) is 0 Å². The topological polar surface area (TPSA) is 56.9 Å². The molecule has 2 aliphatic rings. The van der Waals surface area contributed by atoms with Gasteiger partial charge in [0.15, 0.2) is 0 Å². The second-order valence-electron chi connectivity index (χ2n) is 6.84. The van der Waals surface area contributed by atoms with E-state index in [2.05, 4.69) is 40.1 Å². The third-order valence-corrected chi connectivity index (χ3v) is 5.22. The maximum Gasteiger partial charge on any atom is 0.371 e. The predicted molar refractivity (Wildman–Crippen MR) is 89.7 cm³/mol. The Balaban J connectivity index is 1.37. The molecule has 2 fully saturated rings. The second-order valence-corrected chi connectivity index (χ2v) is 6.84. The van der Waals surface area contributed by atoms with E-state index in [0.717, 1.165) is 25.4 Å². The number of carbonyl (C=O) groups is 1. The fourth-order valence-electron chi connectivity index (χ4n) is 4.08. The maximum absolute atomic E-state index is 10.9. The Morgan fingerprint density at radius 3 is 2.71 bits per heavy atom. The molecule has 2 atom stereocenters. The Hall–Kier alpha value is -2.11. The molecule has 24 heavy (non-hydrogen) atoms. The van der Waals surface area contributed by atoms with Gasteiger partial charge in [0.2, 0.25) is 5.76 Å². The van der Waals surface area contributed by atoms with Gasteiger partial charge < -0.3 is 9.52 Å². The highest BCUT2D eigenvalue weighted by Gasteiger charge is 2.41. The molecule has 0 aliphatic carbocycles. The number of benzene rings is 1. The normalized spacial score (nSPS) is 24.3. The van der Waals surface area contributed by atoms with Crippen LogP contribution in [0.5, 0.6) is 0 Å². The highest BCUT2D eigenvalue weighted by atomic mass is 16.4. The number of furan rings is 1. The van der Waals surface area contributed by atoms with Crippen molar-refractivity contribution >= 4 is 5.97 Å². The SMILES string of the molecule is O=C(O)c1ccc(CN2C[C@@H]3CCN(Cc4ccccc4)[C@@H]3C2)o1. The molecule has 1 aromatic heterocycles. The Kier molecular flexibility index (Phi) is 4.12. The zero-order valence-electron chi connectivity index (χ0n) is 13.6. The number of rotatable bonds is 5. The first-order valence-corrected chi connectivity index (χ1v) is 8.51. The second kappa shape index (κ2) is 6.42. The first-order valence-electron chi connectivity index (χ1n) is 8.51. The number of hydrogen-bond donors (Lipinski definition) is 1. The van der Waals surface area contributed by atoms with E-state index < -0.39 is 5.97 Å². The van der Waals surface area contributed by atoms with Gasteiger partial charge in [-0.3, -0.25) is 9.80 Å². The lowest BCUT2D eigenvalue weighted by molar-refractivity contribution is 0.0658. The van der Waals surface area contributed by atoms with E-state index in [9.17, 15) is 4.79 Å². The van der Waals surface area contributed by atoms with Crippen LogP contribution in [0.15, 0.2) is 46.9 Å². The molecular formula is C19H22N2O3. The minimum absolute atomic E-state index is 0.0232. The van der Waals surface area contributed by atoms with Crippen LogP contribution in [0.4, 0.5) is 0 Å². The van der Waals surface area contributed by atoms with Crippen molar-refractivity contribution in [3.8, 4) is 0 Å². The van der Waals surface area contributed by atoms with Crippen molar-refractivity contribution in [2.45, 2.75) is 25.6 Å². The Bertz CT molecular complexity index is 712. The van der Waals surface area contributed by atoms with Crippen molar-refractivity contribution in [3.63, 3.8) is 0 Å². The van der Waals surface area contributed by atoms with E-state index in [0.29, 0.717) is 18.5 Å². The molecule has 0 bridgehead atoms. The number of fused-ring (bicyclic) bond motifs is 1.